The third-order valence-corrected chi connectivity index (χ3v) is 8.17. The molecule has 0 radical (unpaired) electrons. The second kappa shape index (κ2) is 9.03. The summed E-state index contributed by atoms with van der Waals surface area (Å²) in [5.41, 5.74) is 2.57. The molecular formula is C23H41AlO2. The molecule has 0 heterocycles. The van der Waals surface area contributed by atoms with Crippen LogP contribution in [0.2, 0.25) is 10.6 Å². The molecule has 148 valence electrons. The maximum atomic E-state index is 6.93. The van der Waals surface area contributed by atoms with E-state index in [0.717, 1.165) is 11.5 Å². The van der Waals surface area contributed by atoms with Crippen molar-refractivity contribution in [3.05, 3.63) is 23.3 Å². The van der Waals surface area contributed by atoms with Gasteiger partial charge in [-0.05, 0) is 34.1 Å². The summed E-state index contributed by atoms with van der Waals surface area (Å²) < 4.78 is 12.6. The Labute approximate surface area is 167 Å². The van der Waals surface area contributed by atoms with Gasteiger partial charge in [0.15, 0.2) is 0 Å². The summed E-state index contributed by atoms with van der Waals surface area (Å²) in [4.78, 5) is 0. The lowest BCUT2D eigenvalue weighted by atomic mass is 9.79. The molecule has 0 atom stereocenters. The summed E-state index contributed by atoms with van der Waals surface area (Å²) in [7, 11) is 1.75. The lowest BCUT2D eigenvalue weighted by Crippen LogP contribution is -2.29. The number of ether oxygens (including phenoxy) is 1. The molecule has 0 aliphatic rings. The molecule has 3 heteroatoms. The lowest BCUT2D eigenvalue weighted by Gasteiger charge is -2.33. The largest absolute Gasteiger partial charge is 0.642 e. The van der Waals surface area contributed by atoms with E-state index in [9.17, 15) is 0 Å². The van der Waals surface area contributed by atoms with Crippen molar-refractivity contribution in [1.82, 2.24) is 0 Å². The van der Waals surface area contributed by atoms with Gasteiger partial charge in [-0.15, -0.1) is 0 Å². The van der Waals surface area contributed by atoms with Crippen molar-refractivity contribution >= 4 is 14.5 Å². The van der Waals surface area contributed by atoms with Crippen molar-refractivity contribution in [2.45, 2.75) is 90.6 Å². The average molecular weight is 377 g/mol. The zero-order valence-electron chi connectivity index (χ0n) is 19.1. The summed E-state index contributed by atoms with van der Waals surface area (Å²) in [6, 6.07) is 4.36. The van der Waals surface area contributed by atoms with Crippen molar-refractivity contribution in [2.24, 2.45) is 11.8 Å². The Morgan fingerprint density at radius 3 is 1.46 bits per heavy atom. The molecule has 1 aromatic carbocycles. The minimum absolute atomic E-state index is 0.0124. The summed E-state index contributed by atoms with van der Waals surface area (Å²) in [5, 5.41) is 2.44. The average Bonchev–Trinajstić information content (AvgIpc) is 2.43. The fraction of sp³-hybridized carbons (Fsp3) is 0.739. The standard InChI is InChI=1S/C15H24O2.2C4H9.Al/c1-14(2,3)11-8-10(17-7)9-12(13(11)16)15(4,5)6;2*1-4(2)3;/h8-9,16H,1-7H3;2*4H,1H2,2-3H3;/q;;;+1/p-1. The molecule has 0 spiro atoms. The van der Waals surface area contributed by atoms with E-state index in [0.29, 0.717) is 11.8 Å². The Morgan fingerprint density at radius 1 is 0.808 bits per heavy atom. The minimum atomic E-state index is -1.34. The van der Waals surface area contributed by atoms with Crippen molar-refractivity contribution in [2.75, 3.05) is 7.11 Å². The van der Waals surface area contributed by atoms with Crippen LogP contribution >= 0.6 is 0 Å². The van der Waals surface area contributed by atoms with Gasteiger partial charge in [0, 0.05) is 0 Å². The topological polar surface area (TPSA) is 18.5 Å². The number of rotatable bonds is 7. The summed E-state index contributed by atoms with van der Waals surface area (Å²) in [6.45, 7) is 22.8. The molecule has 0 unspecified atom stereocenters. The molecule has 26 heavy (non-hydrogen) atoms. The fourth-order valence-electron chi connectivity index (χ4n) is 3.37. The quantitative estimate of drug-likeness (QED) is 0.478. The highest BCUT2D eigenvalue weighted by Gasteiger charge is 2.33. The van der Waals surface area contributed by atoms with E-state index in [4.69, 9.17) is 8.53 Å². The first-order valence-electron chi connectivity index (χ1n) is 10.1. The normalized spacial score (nSPS) is 12.7. The number of methoxy groups -OCH3 is 1. The molecular weight excluding hydrogens is 335 g/mol. The van der Waals surface area contributed by atoms with Crippen molar-refractivity contribution in [3.8, 4) is 11.5 Å². The van der Waals surface area contributed by atoms with Gasteiger partial charge in [-0.1, -0.05) is 91.6 Å². The Hall–Kier alpha value is -0.648. The Bertz CT molecular complexity index is 532. The molecule has 0 saturated heterocycles. The van der Waals surface area contributed by atoms with E-state index < -0.39 is 14.5 Å². The van der Waals surface area contributed by atoms with Crippen LogP contribution < -0.4 is 8.53 Å². The zero-order chi connectivity index (χ0) is 20.3. The second-order valence-corrected chi connectivity index (χ2v) is 13.0. The highest BCUT2D eigenvalue weighted by Crippen LogP contribution is 2.43. The summed E-state index contributed by atoms with van der Waals surface area (Å²) in [5.74, 6) is 3.42. The van der Waals surface area contributed by atoms with Crippen LogP contribution in [-0.4, -0.2) is 21.6 Å². The molecule has 1 rings (SSSR count). The van der Waals surface area contributed by atoms with Gasteiger partial charge in [-0.25, -0.2) is 0 Å². The van der Waals surface area contributed by atoms with Crippen LogP contribution in [0.4, 0.5) is 0 Å². The van der Waals surface area contributed by atoms with Crippen molar-refractivity contribution in [1.29, 1.82) is 0 Å². The molecule has 0 aliphatic heterocycles. The molecule has 0 bridgehead atoms. The highest BCUT2D eigenvalue weighted by molar-refractivity contribution is 6.52. The maximum Gasteiger partial charge on any atom is 0.547 e. The van der Waals surface area contributed by atoms with E-state index >= 15 is 0 Å². The van der Waals surface area contributed by atoms with E-state index in [-0.39, 0.29) is 10.8 Å². The van der Waals surface area contributed by atoms with Crippen molar-refractivity contribution < 1.29 is 8.53 Å². The fourth-order valence-corrected chi connectivity index (χ4v) is 6.45. The first kappa shape index (κ1) is 23.4. The number of hydrogen-bond donors (Lipinski definition) is 0. The molecule has 0 saturated carbocycles. The first-order chi connectivity index (χ1) is 11.8. The molecule has 1 aromatic rings. The first-order valence-corrected chi connectivity index (χ1v) is 12.3. The van der Waals surface area contributed by atoms with Crippen LogP contribution in [0.15, 0.2) is 12.1 Å². The molecule has 0 N–H and O–H groups in total. The van der Waals surface area contributed by atoms with Crippen LogP contribution in [-0.2, 0) is 10.8 Å². The predicted molar refractivity (Wildman–Crippen MR) is 116 cm³/mol. The second-order valence-electron chi connectivity index (χ2n) is 10.6. The van der Waals surface area contributed by atoms with Gasteiger partial charge in [-0.3, -0.25) is 0 Å². The van der Waals surface area contributed by atoms with Crippen LogP contribution in [0, 0.1) is 11.8 Å². The monoisotopic (exact) mass is 376 g/mol. The van der Waals surface area contributed by atoms with Gasteiger partial charge in [0.2, 0.25) is 0 Å². The third-order valence-electron chi connectivity index (χ3n) is 4.67. The van der Waals surface area contributed by atoms with Crippen molar-refractivity contribution in [3.63, 3.8) is 0 Å². The van der Waals surface area contributed by atoms with Crippen LogP contribution in [0.1, 0.15) is 80.4 Å². The molecule has 0 fully saturated rings. The summed E-state index contributed by atoms with van der Waals surface area (Å²) >= 11 is -1.34. The van der Waals surface area contributed by atoms with Gasteiger partial charge >= 0.3 is 14.5 Å². The number of benzene rings is 1. The van der Waals surface area contributed by atoms with E-state index in [1.165, 1.54) is 21.7 Å². The Balaban J connectivity index is 3.53. The minimum Gasteiger partial charge on any atom is -0.642 e. The molecule has 2 nitrogen and oxygen atoms in total. The Morgan fingerprint density at radius 2 is 1.19 bits per heavy atom. The van der Waals surface area contributed by atoms with E-state index in [2.05, 4.69) is 81.4 Å². The SMILES string of the molecule is COc1cc(C(C)(C)C)c([O][Al]([CH2]C(C)C)[CH2]C(C)C)c(C(C)(C)C)c1. The zero-order valence-corrected chi connectivity index (χ0v) is 20.3. The lowest BCUT2D eigenvalue weighted by molar-refractivity contribution is 0.405. The third kappa shape index (κ3) is 6.82. The summed E-state index contributed by atoms with van der Waals surface area (Å²) in [6.07, 6.45) is 0. The van der Waals surface area contributed by atoms with Gasteiger partial charge in [0.1, 0.15) is 5.75 Å². The Kier molecular flexibility index (Phi) is 8.12. The van der Waals surface area contributed by atoms with Crippen LogP contribution in [0.25, 0.3) is 0 Å². The molecule has 0 amide bonds. The molecule has 0 aliphatic carbocycles. The maximum absolute atomic E-state index is 6.93. The highest BCUT2D eigenvalue weighted by atomic mass is 27.2. The van der Waals surface area contributed by atoms with E-state index in [1.807, 2.05) is 0 Å². The van der Waals surface area contributed by atoms with Gasteiger partial charge in [-0.2, -0.15) is 0 Å². The van der Waals surface area contributed by atoms with Crippen LogP contribution in [0.3, 0.4) is 0 Å². The molecule has 0 aromatic heterocycles. The predicted octanol–water partition coefficient (Wildman–Crippen LogP) is 6.97. The van der Waals surface area contributed by atoms with Gasteiger partial charge in [0.05, 0.1) is 12.9 Å². The van der Waals surface area contributed by atoms with Gasteiger partial charge in [0.25, 0.3) is 0 Å². The smallest absolute Gasteiger partial charge is 0.547 e. The van der Waals surface area contributed by atoms with Crippen LogP contribution in [0.5, 0.6) is 11.5 Å². The van der Waals surface area contributed by atoms with Gasteiger partial charge < -0.3 is 8.53 Å². The number of hydrogen-bond acceptors (Lipinski definition) is 2. The van der Waals surface area contributed by atoms with E-state index in [1.54, 1.807) is 7.11 Å².